The van der Waals surface area contributed by atoms with E-state index in [0.717, 1.165) is 32.2 Å². The third-order valence-electron chi connectivity index (χ3n) is 2.55. The average Bonchev–Trinajstić information content (AvgIpc) is 2.62. The number of hydrogen-bond donors (Lipinski definition) is 4. The van der Waals surface area contributed by atoms with Crippen LogP contribution in [0.25, 0.3) is 0 Å². The number of carbonyl (C=O) groups excluding carboxylic acids is 1. The lowest BCUT2D eigenvalue weighted by molar-refractivity contribution is -0.122. The quantitative estimate of drug-likeness (QED) is 0.413. The van der Waals surface area contributed by atoms with Crippen molar-refractivity contribution < 1.29 is 22.3 Å². The van der Waals surface area contributed by atoms with Gasteiger partial charge in [-0.25, -0.2) is 5.43 Å². The molecule has 1 atom stereocenters. The Bertz CT molecular complexity index is 320. The van der Waals surface area contributed by atoms with Crippen LogP contribution in [0.5, 0.6) is 0 Å². The summed E-state index contributed by atoms with van der Waals surface area (Å²) in [4.78, 5) is 11.3. The number of nitrogens with one attached hydrogen (secondary N) is 2. The standard InChI is InChI=1S/C7H12N2O.H2O4S/c10-6-2-1-3-7(6)4-5-8-9-7;1-5(2,3)4/h8-9H,1-5H2;(H2,1,2,3,4). The minimum Gasteiger partial charge on any atom is -0.298 e. The number of hydrogen-bond acceptors (Lipinski definition) is 5. The maximum absolute atomic E-state index is 11.3. The fourth-order valence-electron chi connectivity index (χ4n) is 1.90. The molecule has 1 aliphatic carbocycles. The monoisotopic (exact) mass is 238 g/mol. The van der Waals surface area contributed by atoms with Gasteiger partial charge >= 0.3 is 10.4 Å². The molecule has 1 saturated carbocycles. The maximum atomic E-state index is 11.3. The number of hydrazine groups is 1. The van der Waals surface area contributed by atoms with Crippen LogP contribution in [0.3, 0.4) is 0 Å². The van der Waals surface area contributed by atoms with Gasteiger partial charge in [0.15, 0.2) is 5.78 Å². The Morgan fingerprint density at radius 3 is 2.20 bits per heavy atom. The molecule has 88 valence electrons. The van der Waals surface area contributed by atoms with E-state index in [4.69, 9.17) is 17.5 Å². The van der Waals surface area contributed by atoms with E-state index in [-0.39, 0.29) is 5.54 Å². The second-order valence-corrected chi connectivity index (χ2v) is 4.50. The van der Waals surface area contributed by atoms with Gasteiger partial charge in [-0.3, -0.25) is 19.3 Å². The minimum absolute atomic E-state index is 0.153. The summed E-state index contributed by atoms with van der Waals surface area (Å²) < 4.78 is 31.6. The van der Waals surface area contributed by atoms with Gasteiger partial charge < -0.3 is 0 Å². The molecule has 0 aromatic rings. The van der Waals surface area contributed by atoms with Crippen LogP contribution >= 0.6 is 0 Å². The van der Waals surface area contributed by atoms with Crippen molar-refractivity contribution in [3.63, 3.8) is 0 Å². The molecule has 0 aromatic heterocycles. The van der Waals surface area contributed by atoms with Gasteiger partial charge in [0.2, 0.25) is 0 Å². The average molecular weight is 238 g/mol. The van der Waals surface area contributed by atoms with Crippen LogP contribution in [0.1, 0.15) is 25.7 Å². The highest BCUT2D eigenvalue weighted by atomic mass is 32.3. The van der Waals surface area contributed by atoms with Gasteiger partial charge in [0, 0.05) is 13.0 Å². The molecule has 7 nitrogen and oxygen atoms in total. The van der Waals surface area contributed by atoms with E-state index in [9.17, 15) is 4.79 Å². The molecule has 2 rings (SSSR count). The van der Waals surface area contributed by atoms with Crippen LogP contribution in [-0.2, 0) is 15.2 Å². The first-order valence-corrected chi connectivity index (χ1v) is 5.96. The zero-order valence-electron chi connectivity index (χ0n) is 8.06. The summed E-state index contributed by atoms with van der Waals surface area (Å²) in [6.45, 7) is 0.936. The van der Waals surface area contributed by atoms with Crippen molar-refractivity contribution in [1.29, 1.82) is 0 Å². The highest BCUT2D eigenvalue weighted by molar-refractivity contribution is 7.79. The van der Waals surface area contributed by atoms with E-state index in [1.54, 1.807) is 0 Å². The van der Waals surface area contributed by atoms with Crippen LogP contribution in [0.4, 0.5) is 0 Å². The molecule has 0 aromatic carbocycles. The summed E-state index contributed by atoms with van der Waals surface area (Å²) in [5, 5.41) is 0. The molecule has 4 N–H and O–H groups in total. The molecule has 15 heavy (non-hydrogen) atoms. The van der Waals surface area contributed by atoms with Gasteiger partial charge in [-0.05, 0) is 19.3 Å². The minimum atomic E-state index is -4.67. The summed E-state index contributed by atoms with van der Waals surface area (Å²) in [6.07, 6.45) is 3.84. The van der Waals surface area contributed by atoms with E-state index in [1.165, 1.54) is 0 Å². The second kappa shape index (κ2) is 4.54. The van der Waals surface area contributed by atoms with Crippen LogP contribution in [0.2, 0.25) is 0 Å². The summed E-state index contributed by atoms with van der Waals surface area (Å²) in [5.74, 6) is 0.400. The molecule has 1 spiro atoms. The highest BCUT2D eigenvalue weighted by Gasteiger charge is 2.43. The lowest BCUT2D eigenvalue weighted by Crippen LogP contribution is -2.46. The Balaban J connectivity index is 0.000000195. The largest absolute Gasteiger partial charge is 0.394 e. The second-order valence-electron chi connectivity index (χ2n) is 3.61. The number of Topliss-reactive ketones (excluding diaryl/α,β-unsaturated/α-hetero) is 1. The number of ketones is 1. The SMILES string of the molecule is O=C1CCCC12CCNN2.O=S(=O)(O)O. The van der Waals surface area contributed by atoms with Crippen molar-refractivity contribution in [2.24, 2.45) is 0 Å². The summed E-state index contributed by atoms with van der Waals surface area (Å²) >= 11 is 0. The highest BCUT2D eigenvalue weighted by Crippen LogP contribution is 2.30. The first-order chi connectivity index (χ1) is 6.83. The Kier molecular flexibility index (Phi) is 3.79. The molecule has 2 fully saturated rings. The first-order valence-electron chi connectivity index (χ1n) is 4.57. The maximum Gasteiger partial charge on any atom is 0.394 e. The van der Waals surface area contributed by atoms with E-state index in [1.807, 2.05) is 0 Å². The number of rotatable bonds is 0. The van der Waals surface area contributed by atoms with Crippen molar-refractivity contribution in [2.45, 2.75) is 31.2 Å². The van der Waals surface area contributed by atoms with Gasteiger partial charge in [0.25, 0.3) is 0 Å². The van der Waals surface area contributed by atoms with E-state index in [2.05, 4.69) is 10.9 Å². The third-order valence-corrected chi connectivity index (χ3v) is 2.55. The fourth-order valence-corrected chi connectivity index (χ4v) is 1.90. The van der Waals surface area contributed by atoms with Crippen LogP contribution < -0.4 is 10.9 Å². The van der Waals surface area contributed by atoms with E-state index in [0.29, 0.717) is 5.78 Å². The smallest absolute Gasteiger partial charge is 0.298 e. The van der Waals surface area contributed by atoms with Crippen molar-refractivity contribution in [2.75, 3.05) is 6.54 Å². The Morgan fingerprint density at radius 1 is 1.27 bits per heavy atom. The van der Waals surface area contributed by atoms with Crippen LogP contribution in [-0.4, -0.2) is 35.4 Å². The van der Waals surface area contributed by atoms with Crippen LogP contribution in [0.15, 0.2) is 0 Å². The van der Waals surface area contributed by atoms with Crippen LogP contribution in [0, 0.1) is 0 Å². The predicted octanol–water partition coefficient (Wildman–Crippen LogP) is -0.677. The zero-order chi connectivity index (χ0) is 11.5. The molecule has 1 saturated heterocycles. The Morgan fingerprint density at radius 2 is 1.87 bits per heavy atom. The molecule has 1 heterocycles. The lowest BCUT2D eigenvalue weighted by atomic mass is 9.95. The van der Waals surface area contributed by atoms with Gasteiger partial charge in [-0.2, -0.15) is 8.42 Å². The van der Waals surface area contributed by atoms with Gasteiger partial charge in [-0.1, -0.05) is 0 Å². The normalized spacial score (nSPS) is 30.4. The molecule has 0 bridgehead atoms. The molecule has 0 amide bonds. The summed E-state index contributed by atoms with van der Waals surface area (Å²) in [5.41, 5.74) is 5.94. The Hall–Kier alpha value is -0.540. The fraction of sp³-hybridized carbons (Fsp3) is 0.857. The van der Waals surface area contributed by atoms with Crippen molar-refractivity contribution in [1.82, 2.24) is 10.9 Å². The molecular formula is C7H14N2O5S. The van der Waals surface area contributed by atoms with Crippen molar-refractivity contribution in [3.8, 4) is 0 Å². The van der Waals surface area contributed by atoms with E-state index < -0.39 is 10.4 Å². The first kappa shape index (κ1) is 12.5. The third kappa shape index (κ3) is 3.84. The zero-order valence-corrected chi connectivity index (χ0v) is 8.88. The van der Waals surface area contributed by atoms with Gasteiger partial charge in [-0.15, -0.1) is 0 Å². The van der Waals surface area contributed by atoms with E-state index >= 15 is 0 Å². The predicted molar refractivity (Wildman–Crippen MR) is 51.5 cm³/mol. The summed E-state index contributed by atoms with van der Waals surface area (Å²) in [7, 11) is -4.67. The molecule has 2 aliphatic rings. The Labute approximate surface area is 87.8 Å². The van der Waals surface area contributed by atoms with Gasteiger partial charge in [0.05, 0.1) is 5.54 Å². The lowest BCUT2D eigenvalue weighted by Gasteiger charge is -2.19. The number of carbonyl (C=O) groups is 1. The molecule has 1 aliphatic heterocycles. The summed E-state index contributed by atoms with van der Waals surface area (Å²) in [6, 6.07) is 0. The van der Waals surface area contributed by atoms with Crippen molar-refractivity contribution >= 4 is 16.2 Å². The molecule has 0 radical (unpaired) electrons. The van der Waals surface area contributed by atoms with Crippen molar-refractivity contribution in [3.05, 3.63) is 0 Å². The molecular weight excluding hydrogens is 224 g/mol. The topological polar surface area (TPSA) is 116 Å². The molecule has 1 unspecified atom stereocenters. The molecule has 8 heteroatoms. The van der Waals surface area contributed by atoms with Gasteiger partial charge in [0.1, 0.15) is 0 Å².